The number of ether oxygens (including phenoxy) is 2. The van der Waals surface area contributed by atoms with Crippen LogP contribution in [0.25, 0.3) is 0 Å². The lowest BCUT2D eigenvalue weighted by Gasteiger charge is -2.38. The van der Waals surface area contributed by atoms with Crippen LogP contribution in [0.4, 0.5) is 0 Å². The van der Waals surface area contributed by atoms with Crippen LogP contribution in [0.15, 0.2) is 0 Å². The molecule has 1 fully saturated rings. The van der Waals surface area contributed by atoms with Crippen molar-refractivity contribution in [1.82, 2.24) is 5.32 Å². The average molecular weight is 278 g/mol. The maximum Gasteiger partial charge on any atom is 0.300 e. The normalized spacial score (nSPS) is 29.9. The third kappa shape index (κ3) is 7.06. The predicted molar refractivity (Wildman–Crippen MR) is 66.3 cm³/mol. The average Bonchev–Trinajstić information content (AvgIpc) is 2.28. The minimum atomic E-state index is -0.833. The molecule has 1 amide bonds. The van der Waals surface area contributed by atoms with Crippen LogP contribution < -0.4 is 11.1 Å². The van der Waals surface area contributed by atoms with E-state index in [1.165, 1.54) is 14.0 Å². The molecule has 0 aromatic heterocycles. The minimum Gasteiger partial charge on any atom is -0.481 e. The number of aliphatic hydroxyl groups excluding tert-OH is 1. The van der Waals surface area contributed by atoms with Crippen LogP contribution in [-0.4, -0.2) is 60.3 Å². The van der Waals surface area contributed by atoms with Gasteiger partial charge in [-0.1, -0.05) is 0 Å². The van der Waals surface area contributed by atoms with Crippen LogP contribution in [0.1, 0.15) is 20.3 Å². The van der Waals surface area contributed by atoms with E-state index in [1.54, 1.807) is 0 Å². The van der Waals surface area contributed by atoms with E-state index in [0.717, 1.165) is 6.92 Å². The van der Waals surface area contributed by atoms with E-state index in [4.69, 9.17) is 25.1 Å². The molecule has 8 nitrogen and oxygen atoms in total. The van der Waals surface area contributed by atoms with Crippen molar-refractivity contribution in [2.75, 3.05) is 13.7 Å². The summed E-state index contributed by atoms with van der Waals surface area (Å²) in [4.78, 5) is 19.9. The second-order valence-electron chi connectivity index (χ2n) is 4.14. The van der Waals surface area contributed by atoms with Crippen molar-refractivity contribution >= 4 is 11.9 Å². The number of hydrogen-bond donors (Lipinski definition) is 4. The number of methoxy groups -OCH3 is 1. The van der Waals surface area contributed by atoms with Gasteiger partial charge in [0.15, 0.2) is 6.29 Å². The fourth-order valence-electron chi connectivity index (χ4n) is 1.70. The molecule has 1 aliphatic rings. The first-order valence-electron chi connectivity index (χ1n) is 5.84. The second-order valence-corrected chi connectivity index (χ2v) is 4.14. The highest BCUT2D eigenvalue weighted by atomic mass is 16.7. The van der Waals surface area contributed by atoms with E-state index >= 15 is 0 Å². The molecule has 0 aromatic rings. The highest BCUT2D eigenvalue weighted by molar-refractivity contribution is 5.73. The van der Waals surface area contributed by atoms with Crippen molar-refractivity contribution in [3.63, 3.8) is 0 Å². The Morgan fingerprint density at radius 3 is 2.37 bits per heavy atom. The van der Waals surface area contributed by atoms with Crippen molar-refractivity contribution < 1.29 is 29.3 Å². The first kappa shape index (κ1) is 17.8. The zero-order valence-corrected chi connectivity index (χ0v) is 11.3. The van der Waals surface area contributed by atoms with Gasteiger partial charge >= 0.3 is 0 Å². The number of hydrogen-bond acceptors (Lipinski definition) is 6. The quantitative estimate of drug-likeness (QED) is 0.502. The zero-order chi connectivity index (χ0) is 15.0. The molecule has 5 N–H and O–H groups in total. The van der Waals surface area contributed by atoms with Crippen LogP contribution in [0.2, 0.25) is 0 Å². The third-order valence-electron chi connectivity index (χ3n) is 2.42. The smallest absolute Gasteiger partial charge is 0.300 e. The summed E-state index contributed by atoms with van der Waals surface area (Å²) < 4.78 is 10.5. The Hall–Kier alpha value is -1.22. The predicted octanol–water partition coefficient (Wildman–Crippen LogP) is -1.34. The maximum absolute atomic E-state index is 10.9. The lowest BCUT2D eigenvalue weighted by Crippen LogP contribution is -2.56. The summed E-state index contributed by atoms with van der Waals surface area (Å²) in [5.41, 5.74) is 5.43. The summed E-state index contributed by atoms with van der Waals surface area (Å²) in [6, 6.07) is -0.328. The molecule has 0 bridgehead atoms. The second kappa shape index (κ2) is 8.81. The van der Waals surface area contributed by atoms with Crippen LogP contribution in [0, 0.1) is 0 Å². The van der Waals surface area contributed by atoms with E-state index in [1.807, 2.05) is 0 Å². The molecule has 0 saturated carbocycles. The van der Waals surface area contributed by atoms with Gasteiger partial charge in [-0.2, -0.15) is 0 Å². The van der Waals surface area contributed by atoms with Crippen LogP contribution in [-0.2, 0) is 19.1 Å². The molecule has 0 aliphatic carbocycles. The molecule has 8 heteroatoms. The molecular weight excluding hydrogens is 256 g/mol. The monoisotopic (exact) mass is 278 g/mol. The summed E-state index contributed by atoms with van der Waals surface area (Å²) in [7, 11) is 1.49. The highest BCUT2D eigenvalue weighted by Crippen LogP contribution is 2.20. The lowest BCUT2D eigenvalue weighted by atomic mass is 10.0. The fourth-order valence-corrected chi connectivity index (χ4v) is 1.70. The van der Waals surface area contributed by atoms with Crippen LogP contribution in [0.5, 0.6) is 0 Å². The van der Waals surface area contributed by atoms with Crippen molar-refractivity contribution in [2.24, 2.45) is 5.73 Å². The van der Waals surface area contributed by atoms with E-state index in [-0.39, 0.29) is 18.5 Å². The van der Waals surface area contributed by atoms with Crippen molar-refractivity contribution in [3.05, 3.63) is 0 Å². The number of aliphatic carboxylic acids is 1. The van der Waals surface area contributed by atoms with Gasteiger partial charge in [-0.3, -0.25) is 9.59 Å². The Kier molecular flexibility index (Phi) is 8.24. The van der Waals surface area contributed by atoms with Gasteiger partial charge in [-0.05, 0) is 0 Å². The number of rotatable bonds is 3. The number of aliphatic hydroxyl groups is 1. The standard InChI is InChI=1S/C9H18N2O4.C2H4O2/c1-5(12)11-6-3-7(13)8(4-10)15-9(6)14-2;1-2(3)4/h6-9,13H,3-4,10H2,1-2H3,(H,11,12);1H3,(H,3,4)/t6-,7+,8-,9+;/m1./s1. The first-order chi connectivity index (χ1) is 8.81. The summed E-state index contributed by atoms with van der Waals surface area (Å²) in [6.07, 6.45) is -1.26. The molecule has 4 atom stereocenters. The molecule has 112 valence electrons. The highest BCUT2D eigenvalue weighted by Gasteiger charge is 2.36. The molecular formula is C11H22N2O6. The minimum absolute atomic E-state index is 0.177. The van der Waals surface area contributed by atoms with Gasteiger partial charge in [-0.15, -0.1) is 0 Å². The Morgan fingerprint density at radius 2 is 2.00 bits per heavy atom. The van der Waals surface area contributed by atoms with Gasteiger partial charge in [0.25, 0.3) is 5.97 Å². The molecule has 1 rings (SSSR count). The summed E-state index contributed by atoms with van der Waals surface area (Å²) in [5, 5.41) is 19.7. The summed E-state index contributed by atoms with van der Waals surface area (Å²) in [5.74, 6) is -1.01. The summed E-state index contributed by atoms with van der Waals surface area (Å²) in [6.45, 7) is 2.72. The zero-order valence-electron chi connectivity index (χ0n) is 11.3. The van der Waals surface area contributed by atoms with Gasteiger partial charge in [0.1, 0.15) is 0 Å². The van der Waals surface area contributed by atoms with Gasteiger partial charge in [0, 0.05) is 33.9 Å². The Labute approximate surface area is 111 Å². The number of carbonyl (C=O) groups excluding carboxylic acids is 1. The lowest BCUT2D eigenvalue weighted by molar-refractivity contribution is -0.222. The number of carboxylic acid groups (broad SMARTS) is 1. The van der Waals surface area contributed by atoms with Crippen molar-refractivity contribution in [2.45, 2.75) is 44.8 Å². The largest absolute Gasteiger partial charge is 0.481 e. The van der Waals surface area contributed by atoms with Gasteiger partial charge in [0.2, 0.25) is 5.91 Å². The van der Waals surface area contributed by atoms with Gasteiger partial charge < -0.3 is 30.7 Å². The van der Waals surface area contributed by atoms with Gasteiger partial charge in [0.05, 0.1) is 18.2 Å². The topological polar surface area (TPSA) is 131 Å². The van der Waals surface area contributed by atoms with Crippen molar-refractivity contribution in [3.8, 4) is 0 Å². The number of amides is 1. The molecule has 1 aliphatic heterocycles. The van der Waals surface area contributed by atoms with E-state index in [9.17, 15) is 9.90 Å². The number of carbonyl (C=O) groups is 2. The number of nitrogens with one attached hydrogen (secondary N) is 1. The molecule has 0 unspecified atom stereocenters. The van der Waals surface area contributed by atoms with Gasteiger partial charge in [-0.25, -0.2) is 0 Å². The summed E-state index contributed by atoms with van der Waals surface area (Å²) >= 11 is 0. The van der Waals surface area contributed by atoms with Crippen LogP contribution >= 0.6 is 0 Å². The molecule has 0 spiro atoms. The van der Waals surface area contributed by atoms with E-state index in [2.05, 4.69) is 5.32 Å². The van der Waals surface area contributed by atoms with Crippen LogP contribution in [0.3, 0.4) is 0 Å². The number of nitrogens with two attached hydrogens (primary N) is 1. The van der Waals surface area contributed by atoms with E-state index < -0.39 is 24.5 Å². The Balaban J connectivity index is 0.000000711. The maximum atomic E-state index is 10.9. The fraction of sp³-hybridized carbons (Fsp3) is 0.818. The molecule has 0 aromatic carbocycles. The van der Waals surface area contributed by atoms with Crippen molar-refractivity contribution in [1.29, 1.82) is 0 Å². The Bertz CT molecular complexity index is 295. The molecule has 0 radical (unpaired) electrons. The molecule has 19 heavy (non-hydrogen) atoms. The number of carboxylic acids is 1. The molecule has 1 heterocycles. The Morgan fingerprint density at radius 1 is 1.47 bits per heavy atom. The SMILES string of the molecule is CC(=O)O.CO[C@H]1O[C@H](CN)[C@@H](O)C[C@H]1NC(C)=O. The first-order valence-corrected chi connectivity index (χ1v) is 5.84. The molecule has 1 saturated heterocycles. The van der Waals surface area contributed by atoms with E-state index in [0.29, 0.717) is 6.42 Å². The third-order valence-corrected chi connectivity index (χ3v) is 2.42.